The molecular formula is C64H56N4. The van der Waals surface area contributed by atoms with Crippen LogP contribution in [0, 0.1) is 0 Å². The molecular weight excluding hydrogens is 825 g/mol. The van der Waals surface area contributed by atoms with E-state index < -0.39 is 5.54 Å². The lowest BCUT2D eigenvalue weighted by Gasteiger charge is -2.32. The minimum atomic E-state index is -0.903. The van der Waals surface area contributed by atoms with Gasteiger partial charge in [-0.1, -0.05) is 204 Å². The van der Waals surface area contributed by atoms with Crippen molar-refractivity contribution in [2.45, 2.75) is 38.6 Å². The zero-order valence-electron chi connectivity index (χ0n) is 39.2. The molecule has 0 radical (unpaired) electrons. The summed E-state index contributed by atoms with van der Waals surface area (Å²) in [5.41, 5.74) is 28.5. The third kappa shape index (κ3) is 7.39. The van der Waals surface area contributed by atoms with Gasteiger partial charge in [-0.25, -0.2) is 0 Å². The molecule has 0 atom stereocenters. The molecule has 10 aromatic carbocycles. The van der Waals surface area contributed by atoms with Crippen LogP contribution in [0.5, 0.6) is 0 Å². The van der Waals surface area contributed by atoms with Crippen molar-refractivity contribution in [2.24, 2.45) is 16.5 Å². The van der Waals surface area contributed by atoms with E-state index in [1.165, 1.54) is 87.9 Å². The van der Waals surface area contributed by atoms with Crippen LogP contribution in [-0.2, 0) is 11.0 Å². The summed E-state index contributed by atoms with van der Waals surface area (Å²) in [5.74, 6) is 0. The lowest BCUT2D eigenvalue weighted by Crippen LogP contribution is -2.39. The van der Waals surface area contributed by atoms with E-state index in [9.17, 15) is 0 Å². The van der Waals surface area contributed by atoms with Gasteiger partial charge in [0.15, 0.2) is 0 Å². The Bertz CT molecular complexity index is 3570. The first kappa shape index (κ1) is 44.0. The van der Waals surface area contributed by atoms with E-state index in [1.54, 1.807) is 0 Å². The molecule has 0 bridgehead atoms. The number of fused-ring (bicyclic) bond motifs is 8. The van der Waals surface area contributed by atoms with E-state index in [1.807, 2.05) is 13.8 Å². The lowest BCUT2D eigenvalue weighted by atomic mass is 9.77. The van der Waals surface area contributed by atoms with Crippen molar-refractivity contribution < 1.29 is 0 Å². The number of nitrogens with zero attached hydrogens (tertiary/aromatic N) is 2. The fourth-order valence-corrected chi connectivity index (χ4v) is 10.5. The number of hydrogen-bond acceptors (Lipinski definition) is 3. The molecule has 0 aliphatic heterocycles. The van der Waals surface area contributed by atoms with Gasteiger partial charge in [0.2, 0.25) is 0 Å². The summed E-state index contributed by atoms with van der Waals surface area (Å²) >= 11 is 0. The second-order valence-electron chi connectivity index (χ2n) is 17.9. The van der Waals surface area contributed by atoms with E-state index in [0.29, 0.717) is 6.67 Å². The Kier molecular flexibility index (Phi) is 11.7. The SMILES string of the molecule is C=NCN.CC.CC1(C)c2ccccc2-c2ccc(-c3ccccc3-c3ccc4c5ccccc5n(-c5ccc(C(N)(c6ccc7ccccc7c6)c6ccc7ccccc7c6)cc5)c4c3)cc21. The molecule has 1 aliphatic carbocycles. The molecule has 11 aromatic rings. The molecule has 68 heavy (non-hydrogen) atoms. The first-order valence-corrected chi connectivity index (χ1v) is 23.7. The Morgan fingerprint density at radius 1 is 0.456 bits per heavy atom. The molecule has 12 rings (SSSR count). The minimum absolute atomic E-state index is 0.0687. The predicted octanol–water partition coefficient (Wildman–Crippen LogP) is 15.6. The van der Waals surface area contributed by atoms with Crippen molar-refractivity contribution in [2.75, 3.05) is 6.67 Å². The molecule has 1 heterocycles. The highest BCUT2D eigenvalue weighted by molar-refractivity contribution is 6.10. The predicted molar refractivity (Wildman–Crippen MR) is 291 cm³/mol. The van der Waals surface area contributed by atoms with Gasteiger partial charge in [0.25, 0.3) is 0 Å². The summed E-state index contributed by atoms with van der Waals surface area (Å²) in [6.45, 7) is 12.1. The van der Waals surface area contributed by atoms with Crippen molar-refractivity contribution in [1.29, 1.82) is 0 Å². The number of hydrogen-bond donors (Lipinski definition) is 2. The summed E-state index contributed by atoms with van der Waals surface area (Å²) < 4.78 is 2.42. The first-order valence-electron chi connectivity index (χ1n) is 23.7. The van der Waals surface area contributed by atoms with Crippen molar-refractivity contribution >= 4 is 50.1 Å². The third-order valence-electron chi connectivity index (χ3n) is 13.9. The molecule has 4 N–H and O–H groups in total. The van der Waals surface area contributed by atoms with Crippen LogP contribution in [0.4, 0.5) is 0 Å². The number of aliphatic imine (C=N–C) groups is 1. The fraction of sp³-hybridized carbons (Fsp3) is 0.109. The first-order chi connectivity index (χ1) is 33.3. The molecule has 0 amide bonds. The maximum absolute atomic E-state index is 7.80. The molecule has 0 unspecified atom stereocenters. The quantitative estimate of drug-likeness (QED) is 0.124. The van der Waals surface area contributed by atoms with Gasteiger partial charge >= 0.3 is 0 Å². The zero-order valence-corrected chi connectivity index (χ0v) is 39.2. The van der Waals surface area contributed by atoms with Crippen molar-refractivity contribution in [1.82, 2.24) is 4.57 Å². The average Bonchev–Trinajstić information content (AvgIpc) is 3.86. The highest BCUT2D eigenvalue weighted by atomic mass is 15.0. The third-order valence-corrected chi connectivity index (χ3v) is 13.9. The van der Waals surface area contributed by atoms with Gasteiger partial charge in [0, 0.05) is 21.9 Å². The molecule has 0 fully saturated rings. The van der Waals surface area contributed by atoms with Crippen LogP contribution >= 0.6 is 0 Å². The second kappa shape index (κ2) is 18.1. The largest absolute Gasteiger partial charge is 0.314 e. The van der Waals surface area contributed by atoms with Crippen LogP contribution in [0.15, 0.2) is 223 Å². The molecule has 4 heteroatoms. The summed E-state index contributed by atoms with van der Waals surface area (Å²) in [4.78, 5) is 3.26. The Balaban J connectivity index is 0.000000856. The normalized spacial score (nSPS) is 12.5. The fourth-order valence-electron chi connectivity index (χ4n) is 10.5. The molecule has 4 nitrogen and oxygen atoms in total. The summed E-state index contributed by atoms with van der Waals surface area (Å²) in [6.07, 6.45) is 0. The van der Waals surface area contributed by atoms with Crippen LogP contribution in [-0.4, -0.2) is 18.0 Å². The van der Waals surface area contributed by atoms with Crippen LogP contribution in [0.1, 0.15) is 55.5 Å². The molecule has 1 aliphatic rings. The maximum atomic E-state index is 7.80. The van der Waals surface area contributed by atoms with Gasteiger partial charge in [-0.15, -0.1) is 0 Å². The van der Waals surface area contributed by atoms with E-state index in [2.05, 4.69) is 249 Å². The summed E-state index contributed by atoms with van der Waals surface area (Å²) in [6, 6.07) is 79.8. The highest BCUT2D eigenvalue weighted by Gasteiger charge is 2.36. The molecule has 0 saturated carbocycles. The van der Waals surface area contributed by atoms with Crippen LogP contribution in [0.25, 0.3) is 82.4 Å². The lowest BCUT2D eigenvalue weighted by molar-refractivity contribution is 0.654. The van der Waals surface area contributed by atoms with Crippen LogP contribution in [0.3, 0.4) is 0 Å². The van der Waals surface area contributed by atoms with Crippen molar-refractivity contribution in [3.63, 3.8) is 0 Å². The van der Waals surface area contributed by atoms with Gasteiger partial charge in [-0.2, -0.15) is 0 Å². The van der Waals surface area contributed by atoms with Gasteiger partial charge in [-0.05, 0) is 132 Å². The number of benzene rings is 10. The van der Waals surface area contributed by atoms with E-state index in [4.69, 9.17) is 11.5 Å². The number of nitrogens with two attached hydrogens (primary N) is 2. The van der Waals surface area contributed by atoms with Gasteiger partial charge < -0.3 is 16.0 Å². The van der Waals surface area contributed by atoms with E-state index in [-0.39, 0.29) is 5.41 Å². The molecule has 332 valence electrons. The Hall–Kier alpha value is -7.89. The topological polar surface area (TPSA) is 69.3 Å². The number of aromatic nitrogens is 1. The number of rotatable bonds is 7. The Morgan fingerprint density at radius 3 is 1.54 bits per heavy atom. The second-order valence-corrected chi connectivity index (χ2v) is 17.9. The standard InChI is InChI=1S/C60H44N2.C2H6N2.C2H6/c1-59(2)55-21-11-9-19-51(55)52-33-25-43(37-56(52)59)49-17-7-8-18-50(49)44-26-34-54-53-20-10-12-22-57(53)62(58(54)38-44)48-31-29-45(30-32-48)60(61,46-27-23-39-13-3-5-15-41(39)35-46)47-28-24-40-14-4-6-16-42(40)36-47;1-4-2-3;1-2/h3-38H,61H2,1-2H3;1-3H2;1-2H3. The monoisotopic (exact) mass is 880 g/mol. The highest BCUT2D eigenvalue weighted by Crippen LogP contribution is 2.50. The van der Waals surface area contributed by atoms with E-state index in [0.717, 1.165) is 22.4 Å². The minimum Gasteiger partial charge on any atom is -0.314 e. The Morgan fingerprint density at radius 2 is 0.926 bits per heavy atom. The molecule has 0 saturated heterocycles. The van der Waals surface area contributed by atoms with Gasteiger partial charge in [-0.3, -0.25) is 4.99 Å². The Labute approximate surface area is 399 Å². The maximum Gasteiger partial charge on any atom is 0.0923 e. The zero-order chi connectivity index (χ0) is 47.0. The summed E-state index contributed by atoms with van der Waals surface area (Å²) in [5, 5.41) is 7.19. The van der Waals surface area contributed by atoms with Crippen molar-refractivity contribution in [3.8, 4) is 39.1 Å². The van der Waals surface area contributed by atoms with E-state index >= 15 is 0 Å². The number of para-hydroxylation sites is 1. The van der Waals surface area contributed by atoms with Gasteiger partial charge in [0.05, 0.1) is 23.2 Å². The summed E-state index contributed by atoms with van der Waals surface area (Å²) in [7, 11) is 0. The average molecular weight is 881 g/mol. The molecule has 0 spiro atoms. The molecule has 1 aromatic heterocycles. The smallest absolute Gasteiger partial charge is 0.0923 e. The van der Waals surface area contributed by atoms with Crippen LogP contribution < -0.4 is 11.5 Å². The van der Waals surface area contributed by atoms with Gasteiger partial charge in [0.1, 0.15) is 0 Å². The van der Waals surface area contributed by atoms with Crippen LogP contribution in [0.2, 0.25) is 0 Å². The van der Waals surface area contributed by atoms with Crippen molar-refractivity contribution in [3.05, 3.63) is 246 Å².